The molecule has 2 aliphatic heterocycles. The van der Waals surface area contributed by atoms with E-state index in [9.17, 15) is 14.4 Å². The van der Waals surface area contributed by atoms with E-state index in [1.54, 1.807) is 6.33 Å². The summed E-state index contributed by atoms with van der Waals surface area (Å²) in [7, 11) is 0. The van der Waals surface area contributed by atoms with Gasteiger partial charge < -0.3 is 35.3 Å². The van der Waals surface area contributed by atoms with Crippen molar-refractivity contribution in [2.24, 2.45) is 5.92 Å². The van der Waals surface area contributed by atoms with Gasteiger partial charge in [0, 0.05) is 98.3 Å². The molecule has 16 nitrogen and oxygen atoms in total. The normalized spacial score (nSPS) is 15.1. The van der Waals surface area contributed by atoms with Crippen molar-refractivity contribution in [2.75, 3.05) is 67.5 Å². The van der Waals surface area contributed by atoms with Crippen molar-refractivity contribution >= 4 is 58.1 Å². The summed E-state index contributed by atoms with van der Waals surface area (Å²) in [4.78, 5) is 64.5. The van der Waals surface area contributed by atoms with Crippen LogP contribution in [0.15, 0.2) is 71.6 Å². The zero-order chi connectivity index (χ0) is 44.8. The first kappa shape index (κ1) is 44.2. The summed E-state index contributed by atoms with van der Waals surface area (Å²) in [6, 6.07) is 18.2. The van der Waals surface area contributed by atoms with Crippen LogP contribution in [0.25, 0.3) is 33.5 Å². The van der Waals surface area contributed by atoms with E-state index in [-0.39, 0.29) is 30.2 Å². The zero-order valence-electron chi connectivity index (χ0n) is 36.8. The molecule has 8 rings (SSSR count). The third-order valence-corrected chi connectivity index (χ3v) is 12.5. The number of fused-ring (bicyclic) bond motifs is 1. The number of amides is 3. The lowest BCUT2D eigenvalue weighted by atomic mass is 9.93. The Morgan fingerprint density at radius 1 is 0.938 bits per heavy atom. The Morgan fingerprint density at radius 3 is 2.44 bits per heavy atom. The number of halogens is 1. The Bertz CT molecular complexity index is 2590. The summed E-state index contributed by atoms with van der Waals surface area (Å²) in [6.45, 7) is 15.5. The molecule has 0 bridgehead atoms. The molecular formula is C47H55ClN12O4. The number of carbonyl (C=O) groups is 3. The summed E-state index contributed by atoms with van der Waals surface area (Å²) in [5.41, 5.74) is 7.72. The molecule has 4 aromatic heterocycles. The van der Waals surface area contributed by atoms with Gasteiger partial charge in [-0.05, 0) is 92.2 Å². The lowest BCUT2D eigenvalue weighted by molar-refractivity contribution is -0.116. The van der Waals surface area contributed by atoms with Crippen LogP contribution in [0.4, 0.5) is 17.2 Å². The van der Waals surface area contributed by atoms with E-state index < -0.39 is 5.91 Å². The van der Waals surface area contributed by atoms with Crippen LogP contribution in [-0.2, 0) is 21.5 Å². The molecule has 6 heterocycles. The van der Waals surface area contributed by atoms with Gasteiger partial charge in [0.15, 0.2) is 5.82 Å². The number of hydrogen-bond donors (Lipinski definition) is 4. The molecule has 64 heavy (non-hydrogen) atoms. The Balaban J connectivity index is 0.796. The van der Waals surface area contributed by atoms with E-state index in [1.165, 1.54) is 6.42 Å². The highest BCUT2D eigenvalue weighted by atomic mass is 35.5. The van der Waals surface area contributed by atoms with Gasteiger partial charge in [0.25, 0.3) is 0 Å². The molecule has 0 unspecified atom stereocenters. The third kappa shape index (κ3) is 10.5. The minimum atomic E-state index is -0.410. The van der Waals surface area contributed by atoms with Gasteiger partial charge in [-0.1, -0.05) is 49.7 Å². The van der Waals surface area contributed by atoms with Gasteiger partial charge in [0.05, 0.1) is 16.4 Å². The molecule has 0 atom stereocenters. The van der Waals surface area contributed by atoms with Crippen molar-refractivity contribution in [3.63, 3.8) is 0 Å². The Kier molecular flexibility index (Phi) is 13.5. The first-order valence-electron chi connectivity index (χ1n) is 21.9. The van der Waals surface area contributed by atoms with Gasteiger partial charge in [-0.15, -0.1) is 0 Å². The number of benzene rings is 2. The minimum Gasteiger partial charge on any atom is -0.371 e. The highest BCUT2D eigenvalue weighted by molar-refractivity contribution is 6.34. The summed E-state index contributed by atoms with van der Waals surface area (Å²) < 4.78 is 5.20. The van der Waals surface area contributed by atoms with Gasteiger partial charge in [-0.3, -0.25) is 19.3 Å². The van der Waals surface area contributed by atoms with Crippen molar-refractivity contribution in [3.05, 3.63) is 95.0 Å². The number of nitrogens with zero attached hydrogens (tertiary/aromatic N) is 8. The largest absolute Gasteiger partial charge is 0.371 e. The Morgan fingerprint density at radius 2 is 1.73 bits per heavy atom. The number of H-pyrrole nitrogens is 1. The van der Waals surface area contributed by atoms with Gasteiger partial charge in [0.2, 0.25) is 12.3 Å². The number of nitrogens with one attached hydrogen (secondary N) is 4. The van der Waals surface area contributed by atoms with E-state index in [2.05, 4.69) is 80.0 Å². The molecule has 2 aliphatic rings. The van der Waals surface area contributed by atoms with Crippen LogP contribution in [-0.4, -0.2) is 106 Å². The second-order valence-corrected chi connectivity index (χ2v) is 18.1. The topological polar surface area (TPSA) is 190 Å². The maximum absolute atomic E-state index is 12.7. The predicted octanol–water partition coefficient (Wildman–Crippen LogP) is 6.76. The quantitative estimate of drug-likeness (QED) is 0.0627. The summed E-state index contributed by atoms with van der Waals surface area (Å²) in [6.07, 6.45) is 7.74. The number of rotatable bonds is 15. The van der Waals surface area contributed by atoms with Gasteiger partial charge in [0.1, 0.15) is 17.8 Å². The fraction of sp³-hybridized carbons (Fsp3) is 0.404. The van der Waals surface area contributed by atoms with Crippen LogP contribution in [0.2, 0.25) is 5.02 Å². The molecule has 2 fully saturated rings. The van der Waals surface area contributed by atoms with Crippen molar-refractivity contribution < 1.29 is 18.9 Å². The van der Waals surface area contributed by atoms with Crippen molar-refractivity contribution in [1.29, 1.82) is 0 Å². The van der Waals surface area contributed by atoms with Crippen LogP contribution >= 0.6 is 11.6 Å². The van der Waals surface area contributed by atoms with Crippen LogP contribution in [0.3, 0.4) is 0 Å². The van der Waals surface area contributed by atoms with Crippen molar-refractivity contribution in [3.8, 4) is 22.5 Å². The second-order valence-electron chi connectivity index (χ2n) is 17.7. The molecule has 17 heteroatoms. The van der Waals surface area contributed by atoms with Gasteiger partial charge >= 0.3 is 11.8 Å². The monoisotopic (exact) mass is 886 g/mol. The maximum Gasteiger partial charge on any atom is 0.315 e. The molecule has 334 valence electrons. The van der Waals surface area contributed by atoms with E-state index in [0.29, 0.717) is 35.4 Å². The van der Waals surface area contributed by atoms with Crippen molar-refractivity contribution in [1.82, 2.24) is 45.6 Å². The molecule has 3 amide bonds. The summed E-state index contributed by atoms with van der Waals surface area (Å²) >= 11 is 6.53. The third-order valence-electron chi connectivity index (χ3n) is 12.2. The highest BCUT2D eigenvalue weighted by Crippen LogP contribution is 2.33. The summed E-state index contributed by atoms with van der Waals surface area (Å²) in [5, 5.41) is 13.6. The predicted molar refractivity (Wildman–Crippen MR) is 248 cm³/mol. The summed E-state index contributed by atoms with van der Waals surface area (Å²) in [5.74, 6) is 1.50. The number of aryl methyl sites for hydroxylation is 1. The Hall–Kier alpha value is -6.39. The molecule has 0 saturated carbocycles. The van der Waals surface area contributed by atoms with Crippen molar-refractivity contribution in [2.45, 2.75) is 65.3 Å². The molecule has 0 spiro atoms. The zero-order valence-corrected chi connectivity index (χ0v) is 37.5. The molecule has 0 radical (unpaired) electrons. The number of anilines is 3. The van der Waals surface area contributed by atoms with Crippen LogP contribution in [0.1, 0.15) is 74.1 Å². The fourth-order valence-corrected chi connectivity index (χ4v) is 8.50. The highest BCUT2D eigenvalue weighted by Gasteiger charge is 2.25. The standard InChI is InChI=1S/C47H55ClN12O4/c1-30-23-32(5-6-33(30)26-51-44(63)45-56-46(57-64-45)47(2,3)4)42-36-25-39(55-43(36)53-28-52-42)34-7-10-40(50-27-34)60-21-19-58(20-22-60)16-12-31-13-17-59(18-14-31)35-8-9-38(37(48)24-35)54-41(62)11-15-49-29-61/h5-10,23-25,27-29,31H,11-22,26H2,1-4H3,(H,49,61)(H,51,63)(H,54,62)(H,52,53,55). The number of pyridine rings is 1. The van der Waals surface area contributed by atoms with Crippen LogP contribution in [0, 0.1) is 12.8 Å². The Labute approximate surface area is 377 Å². The number of piperidine rings is 1. The van der Waals surface area contributed by atoms with Gasteiger partial charge in [-0.25, -0.2) is 15.0 Å². The fourth-order valence-electron chi connectivity index (χ4n) is 8.28. The number of aromatic nitrogens is 6. The first-order chi connectivity index (χ1) is 30.9. The first-order valence-corrected chi connectivity index (χ1v) is 22.3. The molecular weight excluding hydrogens is 832 g/mol. The van der Waals surface area contributed by atoms with E-state index in [4.69, 9.17) is 21.1 Å². The molecule has 4 N–H and O–H groups in total. The van der Waals surface area contributed by atoms with E-state index in [1.807, 2.05) is 64.2 Å². The second kappa shape index (κ2) is 19.6. The number of carbonyl (C=O) groups excluding carboxylic acids is 3. The average Bonchev–Trinajstić information content (AvgIpc) is 3.99. The van der Waals surface area contributed by atoms with Crippen LogP contribution < -0.4 is 25.8 Å². The minimum absolute atomic E-state index is 0.0486. The number of hydrogen-bond acceptors (Lipinski definition) is 12. The molecule has 6 aromatic rings. The number of piperazine rings is 1. The van der Waals surface area contributed by atoms with Gasteiger partial charge in [-0.2, -0.15) is 4.98 Å². The maximum atomic E-state index is 12.7. The van der Waals surface area contributed by atoms with Crippen LogP contribution in [0.5, 0.6) is 0 Å². The molecule has 2 saturated heterocycles. The molecule has 2 aromatic carbocycles. The van der Waals surface area contributed by atoms with E-state index >= 15 is 0 Å². The molecule has 0 aliphatic carbocycles. The SMILES string of the molecule is Cc1cc(-c2ncnc3[nH]c(-c4ccc(N5CCN(CCC6CCN(c7ccc(NC(=O)CCNC=O)c(Cl)c7)CC6)CC5)nc4)cc23)ccc1CNC(=O)c1nc(C(C)(C)C)no1. The average molecular weight is 887 g/mol. The lowest BCUT2D eigenvalue weighted by Crippen LogP contribution is -2.47. The van der Waals surface area contributed by atoms with E-state index in [0.717, 1.165) is 115 Å². The smallest absolute Gasteiger partial charge is 0.315 e. The number of aromatic amines is 1. The lowest BCUT2D eigenvalue weighted by Gasteiger charge is -2.37.